The molecule has 5 heteroatoms. The molecule has 2 heterocycles. The Bertz CT molecular complexity index is 892. The van der Waals surface area contributed by atoms with Gasteiger partial charge < -0.3 is 10.1 Å². The third-order valence-electron chi connectivity index (χ3n) is 3.93. The van der Waals surface area contributed by atoms with Crippen LogP contribution in [0, 0.1) is 6.92 Å². The van der Waals surface area contributed by atoms with Crippen molar-refractivity contribution in [2.75, 3.05) is 0 Å². The van der Waals surface area contributed by atoms with Gasteiger partial charge in [-0.25, -0.2) is 4.98 Å². The lowest BCUT2D eigenvalue weighted by Gasteiger charge is -2.11. The highest BCUT2D eigenvalue weighted by Crippen LogP contribution is 2.22. The van der Waals surface area contributed by atoms with Crippen molar-refractivity contribution in [3.05, 3.63) is 83.3 Å². The molecule has 0 bridgehead atoms. The fourth-order valence-corrected chi connectivity index (χ4v) is 2.52. The number of aromatic nitrogens is 2. The molecular formula is C21H21N3O2. The molecule has 0 aliphatic heterocycles. The first kappa shape index (κ1) is 17.8. The topological polar surface area (TPSA) is 64.1 Å². The van der Waals surface area contributed by atoms with Crippen LogP contribution in [0.1, 0.15) is 34.1 Å². The standard InChI is InChI=1S/C21H21N3O2/c1-15-8-9-20(14-24-15)26-21-19(7-4-10-23-21)13-22-12-17-5-3-6-18(11-17)16(2)25/h3-11,14,22H,12-13H2,1-2H3. The minimum atomic E-state index is 0.0708. The van der Waals surface area contributed by atoms with Gasteiger partial charge in [-0.3, -0.25) is 9.78 Å². The Balaban J connectivity index is 1.64. The molecule has 3 rings (SSSR count). The molecule has 2 aromatic heterocycles. The fraction of sp³-hybridized carbons (Fsp3) is 0.190. The van der Waals surface area contributed by atoms with E-state index in [1.54, 1.807) is 19.3 Å². The van der Waals surface area contributed by atoms with Crippen molar-refractivity contribution in [1.29, 1.82) is 0 Å². The van der Waals surface area contributed by atoms with Gasteiger partial charge in [0.2, 0.25) is 5.88 Å². The first-order valence-electron chi connectivity index (χ1n) is 8.47. The monoisotopic (exact) mass is 347 g/mol. The average Bonchev–Trinajstić information content (AvgIpc) is 2.65. The van der Waals surface area contributed by atoms with E-state index in [2.05, 4.69) is 15.3 Å². The van der Waals surface area contributed by atoms with Crippen molar-refractivity contribution in [2.24, 2.45) is 0 Å². The summed E-state index contributed by atoms with van der Waals surface area (Å²) in [6.07, 6.45) is 3.39. The predicted octanol–water partition coefficient (Wildman–Crippen LogP) is 4.07. The second kappa shape index (κ2) is 8.36. The molecule has 3 aromatic rings. The molecule has 0 radical (unpaired) electrons. The van der Waals surface area contributed by atoms with Crippen molar-refractivity contribution in [1.82, 2.24) is 15.3 Å². The van der Waals surface area contributed by atoms with E-state index in [1.165, 1.54) is 0 Å². The van der Waals surface area contributed by atoms with Gasteiger partial charge in [0.05, 0.1) is 6.20 Å². The highest BCUT2D eigenvalue weighted by molar-refractivity contribution is 5.94. The van der Waals surface area contributed by atoms with E-state index in [0.717, 1.165) is 22.4 Å². The second-order valence-electron chi connectivity index (χ2n) is 6.07. The summed E-state index contributed by atoms with van der Waals surface area (Å²) in [5, 5.41) is 3.37. The Labute approximate surface area is 153 Å². The van der Waals surface area contributed by atoms with Crippen LogP contribution in [0.2, 0.25) is 0 Å². The normalized spacial score (nSPS) is 10.5. The summed E-state index contributed by atoms with van der Waals surface area (Å²) in [6.45, 7) is 4.76. The molecule has 1 aromatic carbocycles. The van der Waals surface area contributed by atoms with Crippen molar-refractivity contribution < 1.29 is 9.53 Å². The van der Waals surface area contributed by atoms with Gasteiger partial charge in [-0.05, 0) is 43.7 Å². The molecule has 26 heavy (non-hydrogen) atoms. The number of pyridine rings is 2. The molecule has 0 saturated carbocycles. The smallest absolute Gasteiger partial charge is 0.223 e. The van der Waals surface area contributed by atoms with E-state index < -0.39 is 0 Å². The van der Waals surface area contributed by atoms with Crippen LogP contribution in [0.3, 0.4) is 0 Å². The molecule has 1 N–H and O–H groups in total. The minimum Gasteiger partial charge on any atom is -0.437 e. The number of carbonyl (C=O) groups excluding carboxylic acids is 1. The van der Waals surface area contributed by atoms with Crippen LogP contribution >= 0.6 is 0 Å². The van der Waals surface area contributed by atoms with Gasteiger partial charge in [0.1, 0.15) is 5.75 Å². The number of carbonyl (C=O) groups is 1. The number of nitrogens with zero attached hydrogens (tertiary/aromatic N) is 2. The van der Waals surface area contributed by atoms with E-state index >= 15 is 0 Å². The van der Waals surface area contributed by atoms with Crippen LogP contribution in [-0.4, -0.2) is 15.8 Å². The average molecular weight is 347 g/mol. The van der Waals surface area contributed by atoms with Crippen LogP contribution in [0.15, 0.2) is 60.9 Å². The number of aryl methyl sites for hydroxylation is 1. The van der Waals surface area contributed by atoms with E-state index in [0.29, 0.717) is 24.7 Å². The second-order valence-corrected chi connectivity index (χ2v) is 6.07. The number of ether oxygens (including phenoxy) is 1. The molecule has 0 spiro atoms. The predicted molar refractivity (Wildman–Crippen MR) is 100 cm³/mol. The number of benzene rings is 1. The summed E-state index contributed by atoms with van der Waals surface area (Å²) in [5.41, 5.74) is 3.68. The van der Waals surface area contributed by atoms with Gasteiger partial charge >= 0.3 is 0 Å². The molecule has 0 saturated heterocycles. The summed E-state index contributed by atoms with van der Waals surface area (Å²) < 4.78 is 5.86. The Kier molecular flexibility index (Phi) is 5.71. The highest BCUT2D eigenvalue weighted by Gasteiger charge is 2.07. The van der Waals surface area contributed by atoms with E-state index in [1.807, 2.05) is 55.5 Å². The van der Waals surface area contributed by atoms with Crippen LogP contribution < -0.4 is 10.1 Å². The maximum Gasteiger partial charge on any atom is 0.223 e. The zero-order valence-electron chi connectivity index (χ0n) is 14.9. The van der Waals surface area contributed by atoms with E-state index in [4.69, 9.17) is 4.74 Å². The SMILES string of the molecule is CC(=O)c1cccc(CNCc2cccnc2Oc2ccc(C)nc2)c1. The Morgan fingerprint density at radius 3 is 2.73 bits per heavy atom. The number of rotatable bonds is 7. The van der Waals surface area contributed by atoms with Gasteiger partial charge in [-0.2, -0.15) is 0 Å². The Hall–Kier alpha value is -3.05. The maximum absolute atomic E-state index is 11.5. The maximum atomic E-state index is 11.5. The minimum absolute atomic E-state index is 0.0708. The molecular weight excluding hydrogens is 326 g/mol. The summed E-state index contributed by atoms with van der Waals surface area (Å²) in [5.74, 6) is 1.29. The van der Waals surface area contributed by atoms with Crippen LogP contribution in [0.25, 0.3) is 0 Å². The lowest BCUT2D eigenvalue weighted by Crippen LogP contribution is -2.14. The Morgan fingerprint density at radius 2 is 1.96 bits per heavy atom. The quantitative estimate of drug-likeness (QED) is 0.653. The van der Waals surface area contributed by atoms with Gasteiger partial charge in [0, 0.05) is 36.1 Å². The summed E-state index contributed by atoms with van der Waals surface area (Å²) in [7, 11) is 0. The number of ketones is 1. The van der Waals surface area contributed by atoms with Gasteiger partial charge in [-0.15, -0.1) is 0 Å². The lowest BCUT2D eigenvalue weighted by molar-refractivity contribution is 0.101. The zero-order chi connectivity index (χ0) is 18.4. The van der Waals surface area contributed by atoms with Crippen LogP contribution in [0.5, 0.6) is 11.6 Å². The van der Waals surface area contributed by atoms with Crippen molar-refractivity contribution in [3.8, 4) is 11.6 Å². The van der Waals surface area contributed by atoms with E-state index in [9.17, 15) is 4.79 Å². The summed E-state index contributed by atoms with van der Waals surface area (Å²) in [6, 6.07) is 15.3. The van der Waals surface area contributed by atoms with Crippen molar-refractivity contribution >= 4 is 5.78 Å². The third kappa shape index (κ3) is 4.74. The number of hydrogen-bond donors (Lipinski definition) is 1. The van der Waals surface area contributed by atoms with Gasteiger partial charge in [0.25, 0.3) is 0 Å². The summed E-state index contributed by atoms with van der Waals surface area (Å²) >= 11 is 0. The third-order valence-corrected chi connectivity index (χ3v) is 3.93. The fourth-order valence-electron chi connectivity index (χ4n) is 2.52. The number of hydrogen-bond acceptors (Lipinski definition) is 5. The lowest BCUT2D eigenvalue weighted by atomic mass is 10.1. The molecule has 132 valence electrons. The van der Waals surface area contributed by atoms with Crippen LogP contribution in [-0.2, 0) is 13.1 Å². The highest BCUT2D eigenvalue weighted by atomic mass is 16.5. The van der Waals surface area contributed by atoms with Gasteiger partial charge in [-0.1, -0.05) is 24.3 Å². The van der Waals surface area contributed by atoms with Crippen LogP contribution in [0.4, 0.5) is 0 Å². The number of Topliss-reactive ketones (excluding diaryl/α,β-unsaturated/α-hetero) is 1. The van der Waals surface area contributed by atoms with E-state index in [-0.39, 0.29) is 5.78 Å². The molecule has 0 unspecified atom stereocenters. The zero-order valence-corrected chi connectivity index (χ0v) is 14.9. The van der Waals surface area contributed by atoms with Gasteiger partial charge in [0.15, 0.2) is 5.78 Å². The summed E-state index contributed by atoms with van der Waals surface area (Å²) in [4.78, 5) is 20.0. The molecule has 0 amide bonds. The Morgan fingerprint density at radius 1 is 1.08 bits per heavy atom. The van der Waals surface area contributed by atoms with Crippen molar-refractivity contribution in [2.45, 2.75) is 26.9 Å². The molecule has 0 fully saturated rings. The molecule has 0 aliphatic carbocycles. The molecule has 5 nitrogen and oxygen atoms in total. The van der Waals surface area contributed by atoms with Crippen molar-refractivity contribution in [3.63, 3.8) is 0 Å². The first-order valence-corrected chi connectivity index (χ1v) is 8.47. The largest absolute Gasteiger partial charge is 0.437 e. The number of nitrogens with one attached hydrogen (secondary N) is 1. The molecule has 0 atom stereocenters. The first-order chi connectivity index (χ1) is 12.6. The molecule has 0 aliphatic rings.